The Kier molecular flexibility index (Phi) is 3.27. The van der Waals surface area contributed by atoms with Crippen LogP contribution in [0.1, 0.15) is 18.6 Å². The molecule has 0 aromatic heterocycles. The van der Waals surface area contributed by atoms with Crippen LogP contribution >= 0.6 is 0 Å². The maximum Gasteiger partial charge on any atom is 0.126 e. The van der Waals surface area contributed by atoms with Gasteiger partial charge >= 0.3 is 0 Å². The summed E-state index contributed by atoms with van der Waals surface area (Å²) in [5.41, 5.74) is 0.955. The summed E-state index contributed by atoms with van der Waals surface area (Å²) in [5, 5.41) is 11.9. The van der Waals surface area contributed by atoms with Crippen LogP contribution < -0.4 is 4.74 Å². The van der Waals surface area contributed by atoms with Crippen molar-refractivity contribution in [2.24, 2.45) is 0 Å². The van der Waals surface area contributed by atoms with E-state index in [9.17, 15) is 5.11 Å². The van der Waals surface area contributed by atoms with Crippen LogP contribution in [0, 0.1) is 0 Å². The predicted octanol–water partition coefficient (Wildman–Crippen LogP) is 1.59. The second kappa shape index (κ2) is 4.68. The van der Waals surface area contributed by atoms with Gasteiger partial charge in [0.15, 0.2) is 0 Å². The Labute approximate surface area is 98.3 Å². The van der Waals surface area contributed by atoms with Gasteiger partial charge in [0, 0.05) is 5.39 Å². The van der Waals surface area contributed by atoms with Crippen LogP contribution in [-0.2, 0) is 0 Å². The van der Waals surface area contributed by atoms with Crippen molar-refractivity contribution in [3.63, 3.8) is 0 Å². The molecule has 84 valence electrons. The Balaban J connectivity index is 2.67. The number of aliphatic hydroxyl groups is 1. The van der Waals surface area contributed by atoms with E-state index in [-0.39, 0.29) is 0 Å². The van der Waals surface area contributed by atoms with Gasteiger partial charge in [-0.25, -0.2) is 0 Å². The van der Waals surface area contributed by atoms with E-state index < -0.39 is 6.10 Å². The Morgan fingerprint density at radius 1 is 1.19 bits per heavy atom. The third kappa shape index (κ3) is 1.96. The minimum Gasteiger partial charge on any atom is -0.498 e. The Hall–Kier alpha value is -1.32. The van der Waals surface area contributed by atoms with Gasteiger partial charge in [-0.1, -0.05) is 30.3 Å². The summed E-state index contributed by atoms with van der Waals surface area (Å²) in [6, 6.07) is 11.9. The van der Waals surface area contributed by atoms with Crippen LogP contribution in [0.25, 0.3) is 10.8 Å². The molecule has 0 aliphatic carbocycles. The van der Waals surface area contributed by atoms with E-state index in [0.717, 1.165) is 38.6 Å². The first kappa shape index (κ1) is 11.2. The normalized spacial score (nSPS) is 12.9. The summed E-state index contributed by atoms with van der Waals surface area (Å²) in [6.07, 6.45) is 0.341. The number of hydrogen-bond donors (Lipinski definition) is 1. The van der Waals surface area contributed by atoms with Gasteiger partial charge in [0.25, 0.3) is 0 Å². The summed E-state index contributed by atoms with van der Waals surface area (Å²) in [4.78, 5) is 0. The Morgan fingerprint density at radius 3 is 2.50 bits per heavy atom. The molecule has 0 aliphatic heterocycles. The molecule has 0 saturated heterocycles. The van der Waals surface area contributed by atoms with Gasteiger partial charge in [-0.2, -0.15) is 0 Å². The van der Waals surface area contributed by atoms with E-state index in [1.54, 1.807) is 6.92 Å². The Morgan fingerprint density at radius 2 is 1.88 bits per heavy atom. The Bertz CT molecular complexity index is 494. The standard InChI is InChI=1S/C13H16O2Si/c1-9(14)10-6-7-13(15-8-16)12-5-3-2-4-11(10)12/h2-7,9,14H,8H2,1,16H3. The number of ether oxygens (including phenoxy) is 1. The lowest BCUT2D eigenvalue weighted by atomic mass is 10.0. The summed E-state index contributed by atoms with van der Waals surface area (Å²) in [6.45, 7) is 1.79. The molecule has 2 nitrogen and oxygen atoms in total. The van der Waals surface area contributed by atoms with Gasteiger partial charge in [0.2, 0.25) is 0 Å². The van der Waals surface area contributed by atoms with Crippen molar-refractivity contribution in [3.05, 3.63) is 42.0 Å². The molecule has 2 aromatic carbocycles. The van der Waals surface area contributed by atoms with E-state index in [0.29, 0.717) is 0 Å². The first-order valence-corrected chi connectivity index (χ1v) is 6.98. The lowest BCUT2D eigenvalue weighted by Crippen LogP contribution is -1.98. The molecule has 0 spiro atoms. The van der Waals surface area contributed by atoms with Crippen LogP contribution in [0.15, 0.2) is 36.4 Å². The molecule has 0 heterocycles. The fourth-order valence-corrected chi connectivity index (χ4v) is 2.25. The summed E-state index contributed by atoms with van der Waals surface area (Å²) in [5.74, 6) is 0.912. The maximum absolute atomic E-state index is 9.71. The lowest BCUT2D eigenvalue weighted by Gasteiger charge is -2.13. The van der Waals surface area contributed by atoms with E-state index >= 15 is 0 Å². The third-order valence-corrected chi connectivity index (χ3v) is 2.96. The van der Waals surface area contributed by atoms with Crippen LogP contribution in [0.4, 0.5) is 0 Å². The zero-order valence-corrected chi connectivity index (χ0v) is 11.6. The number of rotatable bonds is 3. The first-order valence-electron chi connectivity index (χ1n) is 5.56. The maximum atomic E-state index is 9.71. The number of benzene rings is 2. The van der Waals surface area contributed by atoms with Crippen LogP contribution in [0.3, 0.4) is 0 Å². The smallest absolute Gasteiger partial charge is 0.126 e. The average Bonchev–Trinajstić information content (AvgIpc) is 2.29. The average molecular weight is 232 g/mol. The van der Waals surface area contributed by atoms with Gasteiger partial charge in [-0.15, -0.1) is 0 Å². The minimum atomic E-state index is -0.449. The molecule has 0 amide bonds. The van der Waals surface area contributed by atoms with Gasteiger partial charge in [-0.3, -0.25) is 0 Å². The van der Waals surface area contributed by atoms with Crippen molar-refractivity contribution in [1.29, 1.82) is 0 Å². The predicted molar refractivity (Wildman–Crippen MR) is 70.0 cm³/mol. The molecule has 0 radical (unpaired) electrons. The van der Waals surface area contributed by atoms with E-state index in [4.69, 9.17) is 4.74 Å². The fraction of sp³-hybridized carbons (Fsp3) is 0.231. The molecule has 0 bridgehead atoms. The van der Waals surface area contributed by atoms with Crippen LogP contribution in [0.5, 0.6) is 5.75 Å². The molecular weight excluding hydrogens is 216 g/mol. The molecule has 3 heteroatoms. The molecule has 0 saturated carbocycles. The van der Waals surface area contributed by atoms with Gasteiger partial charge < -0.3 is 9.84 Å². The van der Waals surface area contributed by atoms with Crippen molar-refractivity contribution in [2.45, 2.75) is 13.0 Å². The zero-order valence-electron chi connectivity index (χ0n) is 9.60. The van der Waals surface area contributed by atoms with Gasteiger partial charge in [0.05, 0.1) is 22.6 Å². The molecule has 16 heavy (non-hydrogen) atoms. The summed E-state index contributed by atoms with van der Waals surface area (Å²) < 4.78 is 5.63. The van der Waals surface area contributed by atoms with Crippen molar-refractivity contribution in [1.82, 2.24) is 0 Å². The van der Waals surface area contributed by atoms with Gasteiger partial charge in [0.1, 0.15) is 5.75 Å². The molecule has 0 aliphatic rings. The SMILES string of the molecule is CC(O)c1ccc(OC[SiH3])c2ccccc12. The topological polar surface area (TPSA) is 29.5 Å². The van der Waals surface area contributed by atoms with Crippen LogP contribution in [0.2, 0.25) is 0 Å². The number of hydrogen-bond acceptors (Lipinski definition) is 2. The van der Waals surface area contributed by atoms with Crippen molar-refractivity contribution < 1.29 is 9.84 Å². The highest BCUT2D eigenvalue weighted by molar-refractivity contribution is 6.08. The molecule has 0 fully saturated rings. The fourth-order valence-electron chi connectivity index (χ4n) is 1.94. The molecule has 1 atom stereocenters. The van der Waals surface area contributed by atoms with Gasteiger partial charge in [-0.05, 0) is 23.9 Å². The first-order chi connectivity index (χ1) is 7.74. The summed E-state index contributed by atoms with van der Waals surface area (Å²) in [7, 11) is 1.02. The number of fused-ring (bicyclic) bond motifs is 1. The highest BCUT2D eigenvalue weighted by Crippen LogP contribution is 2.31. The largest absolute Gasteiger partial charge is 0.498 e. The number of aliphatic hydroxyl groups excluding tert-OH is 1. The second-order valence-corrected chi connectivity index (χ2v) is 4.38. The molecular formula is C13H16O2Si. The van der Waals surface area contributed by atoms with E-state index in [1.165, 1.54) is 0 Å². The minimum absolute atomic E-state index is 0.449. The highest BCUT2D eigenvalue weighted by atomic mass is 28.1. The van der Waals surface area contributed by atoms with Crippen molar-refractivity contribution in [3.8, 4) is 5.75 Å². The molecule has 1 unspecified atom stereocenters. The lowest BCUT2D eigenvalue weighted by molar-refractivity contribution is 0.201. The van der Waals surface area contributed by atoms with Crippen molar-refractivity contribution >= 4 is 21.0 Å². The second-order valence-electron chi connectivity index (χ2n) is 3.81. The van der Waals surface area contributed by atoms with Crippen molar-refractivity contribution in [2.75, 3.05) is 6.23 Å². The van der Waals surface area contributed by atoms with E-state index in [2.05, 4.69) is 0 Å². The van der Waals surface area contributed by atoms with Crippen LogP contribution in [-0.4, -0.2) is 21.6 Å². The highest BCUT2D eigenvalue weighted by Gasteiger charge is 2.09. The third-order valence-electron chi connectivity index (χ3n) is 2.67. The summed E-state index contributed by atoms with van der Waals surface area (Å²) >= 11 is 0. The molecule has 2 aromatic rings. The van der Waals surface area contributed by atoms with E-state index in [1.807, 2.05) is 36.4 Å². The molecule has 1 N–H and O–H groups in total. The molecule has 2 rings (SSSR count). The quantitative estimate of drug-likeness (QED) is 0.814. The monoisotopic (exact) mass is 232 g/mol. The zero-order chi connectivity index (χ0) is 11.5.